The fraction of sp³-hybridized carbons (Fsp3) is 0.500. The van der Waals surface area contributed by atoms with Crippen LogP contribution in [0.2, 0.25) is 0 Å². The van der Waals surface area contributed by atoms with E-state index in [-0.39, 0.29) is 18.1 Å². The van der Waals surface area contributed by atoms with Gasteiger partial charge in [0.25, 0.3) is 5.91 Å². The molecule has 2 atom stereocenters. The average molecular weight is 413 g/mol. The number of carbonyl (C=O) groups is 1. The van der Waals surface area contributed by atoms with Crippen LogP contribution in [0.15, 0.2) is 41.7 Å². The molecule has 1 aliphatic rings. The van der Waals surface area contributed by atoms with Crippen LogP contribution in [0.25, 0.3) is 0 Å². The first-order valence-electron chi connectivity index (χ1n) is 10.5. The second-order valence-electron chi connectivity index (χ2n) is 7.64. The number of carbonyl (C=O) groups excluding carboxylic acids is 1. The van der Waals surface area contributed by atoms with Gasteiger partial charge in [0.05, 0.1) is 19.3 Å². The number of aromatic nitrogens is 2. The van der Waals surface area contributed by atoms with E-state index in [0.29, 0.717) is 25.3 Å². The van der Waals surface area contributed by atoms with Gasteiger partial charge in [0, 0.05) is 50.6 Å². The van der Waals surface area contributed by atoms with Crippen molar-refractivity contribution in [3.8, 4) is 0 Å². The smallest absolute Gasteiger partial charge is 0.251 e. The second kappa shape index (κ2) is 10.2. The van der Waals surface area contributed by atoms with Crippen molar-refractivity contribution in [3.63, 3.8) is 0 Å². The van der Waals surface area contributed by atoms with E-state index in [4.69, 9.17) is 4.74 Å². The maximum atomic E-state index is 12.4. The summed E-state index contributed by atoms with van der Waals surface area (Å²) in [7, 11) is 3.69. The Labute approximate surface area is 178 Å². The van der Waals surface area contributed by atoms with Crippen molar-refractivity contribution in [2.45, 2.75) is 39.0 Å². The number of morpholine rings is 1. The number of rotatable bonds is 6. The summed E-state index contributed by atoms with van der Waals surface area (Å²) in [6, 6.07) is 7.86. The van der Waals surface area contributed by atoms with Gasteiger partial charge in [-0.1, -0.05) is 19.1 Å². The lowest BCUT2D eigenvalue weighted by Crippen LogP contribution is -2.47. The Hall–Kier alpha value is -2.87. The molecule has 0 radical (unpaired) electrons. The van der Waals surface area contributed by atoms with Crippen LogP contribution in [0, 0.1) is 0 Å². The van der Waals surface area contributed by atoms with E-state index < -0.39 is 0 Å². The Morgan fingerprint density at radius 3 is 2.97 bits per heavy atom. The molecule has 0 saturated carbocycles. The highest BCUT2D eigenvalue weighted by atomic mass is 16.5. The van der Waals surface area contributed by atoms with Crippen molar-refractivity contribution >= 4 is 11.9 Å². The van der Waals surface area contributed by atoms with Crippen LogP contribution in [0.4, 0.5) is 0 Å². The standard InChI is InChI=1S/C22H32N6O2/c1-5-16(2)26-21(29)18-8-6-7-17(11-18)12-24-22(23-3)28-9-10-30-20(15-28)19-13-25-27(4)14-19/h6-8,11,13-14,16,20H,5,9-10,12,15H2,1-4H3,(H,23,24)(H,26,29). The number of aryl methyl sites for hydroxylation is 1. The summed E-state index contributed by atoms with van der Waals surface area (Å²) in [5.74, 6) is 0.782. The van der Waals surface area contributed by atoms with Gasteiger partial charge in [-0.15, -0.1) is 0 Å². The number of ether oxygens (including phenoxy) is 1. The fourth-order valence-electron chi connectivity index (χ4n) is 3.39. The quantitative estimate of drug-likeness (QED) is 0.561. The van der Waals surface area contributed by atoms with E-state index >= 15 is 0 Å². The molecule has 2 N–H and O–H groups in total. The van der Waals surface area contributed by atoms with Crippen LogP contribution in [-0.2, 0) is 18.3 Å². The third-order valence-corrected chi connectivity index (χ3v) is 5.30. The third-order valence-electron chi connectivity index (χ3n) is 5.30. The highest BCUT2D eigenvalue weighted by Gasteiger charge is 2.25. The van der Waals surface area contributed by atoms with Gasteiger partial charge in [0.1, 0.15) is 6.10 Å². The number of hydrogen-bond acceptors (Lipinski definition) is 4. The fourth-order valence-corrected chi connectivity index (χ4v) is 3.39. The zero-order chi connectivity index (χ0) is 21.5. The molecule has 8 nitrogen and oxygen atoms in total. The first-order valence-corrected chi connectivity index (χ1v) is 10.5. The minimum absolute atomic E-state index is 0.0291. The normalized spacial score (nSPS) is 18.2. The van der Waals surface area contributed by atoms with Crippen LogP contribution in [0.1, 0.15) is 47.9 Å². The van der Waals surface area contributed by atoms with Crippen LogP contribution in [0.5, 0.6) is 0 Å². The van der Waals surface area contributed by atoms with Crippen molar-refractivity contribution in [3.05, 3.63) is 53.3 Å². The maximum Gasteiger partial charge on any atom is 0.251 e. The Morgan fingerprint density at radius 1 is 1.43 bits per heavy atom. The van der Waals surface area contributed by atoms with E-state index in [1.807, 2.05) is 50.6 Å². The van der Waals surface area contributed by atoms with Gasteiger partial charge in [-0.3, -0.25) is 14.5 Å². The van der Waals surface area contributed by atoms with Gasteiger partial charge in [-0.2, -0.15) is 5.10 Å². The van der Waals surface area contributed by atoms with Crippen molar-refractivity contribution < 1.29 is 9.53 Å². The molecule has 0 aliphatic carbocycles. The molecule has 2 heterocycles. The molecule has 1 saturated heterocycles. The summed E-state index contributed by atoms with van der Waals surface area (Å²) >= 11 is 0. The number of amides is 1. The summed E-state index contributed by atoms with van der Waals surface area (Å²) in [6.07, 6.45) is 4.71. The summed E-state index contributed by atoms with van der Waals surface area (Å²) in [5, 5.41) is 10.7. The van der Waals surface area contributed by atoms with E-state index in [2.05, 4.69) is 32.5 Å². The molecular weight excluding hydrogens is 380 g/mol. The minimum Gasteiger partial charge on any atom is -0.370 e. The molecule has 2 unspecified atom stereocenters. The first kappa shape index (κ1) is 21.8. The van der Waals surface area contributed by atoms with Gasteiger partial charge in [-0.25, -0.2) is 0 Å². The van der Waals surface area contributed by atoms with E-state index in [1.165, 1.54) is 0 Å². The summed E-state index contributed by atoms with van der Waals surface area (Å²) in [4.78, 5) is 19.0. The highest BCUT2D eigenvalue weighted by Crippen LogP contribution is 2.21. The molecule has 0 bridgehead atoms. The lowest BCUT2D eigenvalue weighted by atomic mass is 10.1. The summed E-state index contributed by atoms with van der Waals surface area (Å²) < 4.78 is 7.71. The zero-order valence-electron chi connectivity index (χ0n) is 18.3. The van der Waals surface area contributed by atoms with Gasteiger partial charge >= 0.3 is 0 Å². The molecule has 8 heteroatoms. The Bertz CT molecular complexity index is 878. The van der Waals surface area contributed by atoms with E-state index in [1.54, 1.807) is 11.7 Å². The number of aliphatic imine (C=N–C) groups is 1. The molecule has 1 aliphatic heterocycles. The van der Waals surface area contributed by atoms with Gasteiger partial charge in [-0.05, 0) is 31.0 Å². The molecule has 1 aromatic carbocycles. The predicted octanol–water partition coefficient (Wildman–Crippen LogP) is 2.10. The average Bonchev–Trinajstić information content (AvgIpc) is 3.21. The van der Waals surface area contributed by atoms with Crippen LogP contribution < -0.4 is 10.6 Å². The summed E-state index contributed by atoms with van der Waals surface area (Å²) in [5.41, 5.74) is 2.77. The number of nitrogens with zero attached hydrogens (tertiary/aromatic N) is 4. The Morgan fingerprint density at radius 2 is 2.27 bits per heavy atom. The monoisotopic (exact) mass is 412 g/mol. The van der Waals surface area contributed by atoms with Crippen LogP contribution >= 0.6 is 0 Å². The Balaban J connectivity index is 1.60. The molecule has 1 aromatic heterocycles. The highest BCUT2D eigenvalue weighted by molar-refractivity contribution is 5.94. The molecule has 1 amide bonds. The lowest BCUT2D eigenvalue weighted by Gasteiger charge is -2.34. The van der Waals surface area contributed by atoms with Gasteiger partial charge in [0.2, 0.25) is 0 Å². The largest absolute Gasteiger partial charge is 0.370 e. The van der Waals surface area contributed by atoms with E-state index in [0.717, 1.165) is 30.1 Å². The summed E-state index contributed by atoms with van der Waals surface area (Å²) in [6.45, 7) is 6.77. The van der Waals surface area contributed by atoms with Crippen LogP contribution in [-0.4, -0.2) is 59.3 Å². The molecule has 3 rings (SSSR count). The minimum atomic E-state index is -0.0388. The molecule has 162 valence electrons. The number of benzene rings is 1. The molecular formula is C22H32N6O2. The zero-order valence-corrected chi connectivity index (χ0v) is 18.3. The number of guanidine groups is 1. The predicted molar refractivity (Wildman–Crippen MR) is 117 cm³/mol. The second-order valence-corrected chi connectivity index (χ2v) is 7.64. The van der Waals surface area contributed by atoms with Crippen molar-refractivity contribution in [2.24, 2.45) is 12.0 Å². The number of hydrogen-bond donors (Lipinski definition) is 2. The van der Waals surface area contributed by atoms with Gasteiger partial charge in [0.15, 0.2) is 5.96 Å². The topological polar surface area (TPSA) is 83.8 Å². The molecule has 0 spiro atoms. The molecule has 30 heavy (non-hydrogen) atoms. The van der Waals surface area contributed by atoms with Crippen molar-refractivity contribution in [1.29, 1.82) is 0 Å². The van der Waals surface area contributed by atoms with E-state index in [9.17, 15) is 4.79 Å². The van der Waals surface area contributed by atoms with Gasteiger partial charge < -0.3 is 20.3 Å². The van der Waals surface area contributed by atoms with Crippen LogP contribution in [0.3, 0.4) is 0 Å². The van der Waals surface area contributed by atoms with Crippen molar-refractivity contribution in [1.82, 2.24) is 25.3 Å². The maximum absolute atomic E-state index is 12.4. The Kier molecular flexibility index (Phi) is 7.46. The first-order chi connectivity index (χ1) is 14.5. The lowest BCUT2D eigenvalue weighted by molar-refractivity contribution is -0.00805. The van der Waals surface area contributed by atoms with Crippen molar-refractivity contribution in [2.75, 3.05) is 26.7 Å². The molecule has 1 fully saturated rings. The molecule has 2 aromatic rings. The number of nitrogens with one attached hydrogen (secondary N) is 2. The SMILES string of the molecule is CCC(C)NC(=O)c1cccc(CNC(=NC)N2CCOC(c3cnn(C)c3)C2)c1. The third kappa shape index (κ3) is 5.60.